The van der Waals surface area contributed by atoms with E-state index in [1.165, 1.54) is 0 Å². The minimum absolute atomic E-state index is 0.540. The van der Waals surface area contributed by atoms with Crippen LogP contribution in [-0.2, 0) is 28.6 Å². The van der Waals surface area contributed by atoms with Gasteiger partial charge in [-0.2, -0.15) is 0 Å². The highest BCUT2D eigenvalue weighted by atomic mass is 32.2. The van der Waals surface area contributed by atoms with Gasteiger partial charge < -0.3 is 9.64 Å². The monoisotopic (exact) mass is 382 g/mol. The second kappa shape index (κ2) is 8.57. The number of ether oxygens (including phenoxy) is 1. The molecule has 0 aliphatic rings. The lowest BCUT2D eigenvalue weighted by molar-refractivity contribution is 0.388. The average molecular weight is 383 g/mol. The number of hydrogen-bond acceptors (Lipinski definition) is 4. The first-order valence-electron chi connectivity index (χ1n) is 7.53. The number of aryl methyl sites for hydroxylation is 1. The summed E-state index contributed by atoms with van der Waals surface area (Å²) in [6, 6.07) is 10.7. The summed E-state index contributed by atoms with van der Waals surface area (Å²) in [5, 5.41) is 0. The minimum Gasteiger partial charge on any atom is -0.457 e. The van der Waals surface area contributed by atoms with Crippen LogP contribution in [-0.4, -0.2) is 38.2 Å². The van der Waals surface area contributed by atoms with Crippen LogP contribution in [0.25, 0.3) is 0 Å². The summed E-state index contributed by atoms with van der Waals surface area (Å²) in [6.45, 7) is 2.51. The molecule has 2 aromatic rings. The molecule has 2 aromatic carbocycles. The molecule has 0 saturated carbocycles. The van der Waals surface area contributed by atoms with E-state index < -0.39 is 22.1 Å². The summed E-state index contributed by atoms with van der Waals surface area (Å²) >= 11 is -2.13. The molecule has 0 bridgehead atoms. The molecule has 0 aromatic heterocycles. The molecule has 0 amide bonds. The second-order valence-electron chi connectivity index (χ2n) is 5.89. The largest absolute Gasteiger partial charge is 0.457 e. The Balaban J connectivity index is 2.32. The van der Waals surface area contributed by atoms with Gasteiger partial charge in [-0.1, -0.05) is 0 Å². The van der Waals surface area contributed by atoms with Crippen LogP contribution in [0.4, 0.5) is 5.69 Å². The Hall–Kier alpha value is -1.74. The third-order valence-electron chi connectivity index (χ3n) is 3.44. The average Bonchev–Trinajstić information content (AvgIpc) is 2.48. The Morgan fingerprint density at radius 3 is 2.44 bits per heavy atom. The molecule has 2 rings (SSSR count). The van der Waals surface area contributed by atoms with Crippen molar-refractivity contribution in [3.8, 4) is 11.5 Å². The van der Waals surface area contributed by atoms with Gasteiger partial charge in [-0.15, -0.1) is 0 Å². The van der Waals surface area contributed by atoms with Gasteiger partial charge in [-0.3, -0.25) is 13.5 Å². The van der Waals surface area contributed by atoms with E-state index in [1.54, 1.807) is 36.6 Å². The molecule has 8 heteroatoms. The molecule has 0 aliphatic heterocycles. The van der Waals surface area contributed by atoms with Crippen LogP contribution in [0.5, 0.6) is 11.5 Å². The van der Waals surface area contributed by atoms with Gasteiger partial charge in [0.15, 0.2) is 0 Å². The van der Waals surface area contributed by atoms with Gasteiger partial charge in [-0.25, -0.2) is 4.21 Å². The first kappa shape index (κ1) is 19.6. The summed E-state index contributed by atoms with van der Waals surface area (Å²) < 4.78 is 40.0. The number of hydrogen-bond donors (Lipinski definition) is 2. The van der Waals surface area contributed by atoms with E-state index in [0.717, 1.165) is 16.0 Å². The molecule has 2 unspecified atom stereocenters. The zero-order valence-electron chi connectivity index (χ0n) is 14.6. The Kier molecular flexibility index (Phi) is 6.71. The lowest BCUT2D eigenvalue weighted by atomic mass is 10.1. The first-order valence-corrected chi connectivity index (χ1v) is 10.2. The van der Waals surface area contributed by atoms with E-state index >= 15 is 0 Å². The maximum Gasteiger partial charge on any atom is 0.259 e. The number of nitrogens with zero attached hydrogens (tertiary/aromatic N) is 1. The predicted molar refractivity (Wildman–Crippen MR) is 102 cm³/mol. The Morgan fingerprint density at radius 1 is 1.16 bits per heavy atom. The van der Waals surface area contributed by atoms with Crippen LogP contribution in [0.2, 0.25) is 0 Å². The number of rotatable bonds is 7. The van der Waals surface area contributed by atoms with Gasteiger partial charge in [0.25, 0.3) is 11.3 Å². The van der Waals surface area contributed by atoms with E-state index in [-0.39, 0.29) is 0 Å². The highest BCUT2D eigenvalue weighted by Gasteiger charge is 2.10. The Morgan fingerprint density at radius 2 is 1.88 bits per heavy atom. The van der Waals surface area contributed by atoms with E-state index in [9.17, 15) is 8.42 Å². The molecule has 2 atom stereocenters. The molecule has 25 heavy (non-hydrogen) atoms. The van der Waals surface area contributed by atoms with E-state index in [0.29, 0.717) is 23.7 Å². The Labute approximate surface area is 153 Å². The zero-order chi connectivity index (χ0) is 18.6. The van der Waals surface area contributed by atoms with Crippen molar-refractivity contribution in [2.75, 3.05) is 25.1 Å². The van der Waals surface area contributed by atoms with Crippen molar-refractivity contribution < 1.29 is 17.7 Å². The highest BCUT2D eigenvalue weighted by Crippen LogP contribution is 2.30. The maximum atomic E-state index is 11.6. The van der Waals surface area contributed by atoms with Crippen LogP contribution in [0.1, 0.15) is 11.1 Å². The molecular weight excluding hydrogens is 360 g/mol. The molecule has 2 N–H and O–H groups in total. The van der Waals surface area contributed by atoms with E-state index in [2.05, 4.69) is 4.72 Å². The predicted octanol–water partition coefficient (Wildman–Crippen LogP) is 3.13. The third-order valence-corrected chi connectivity index (χ3v) is 4.92. The standard InChI is InChI=1S/C17H22N2O4S2/c1-12-9-15(6-8-17(12)24(4)20)23-16-7-5-14(18-25(21)22)10-13(16)11-19(2)3/h5-10,18H,11H2,1-4H3,(H,21,22). The van der Waals surface area contributed by atoms with E-state index in [4.69, 9.17) is 9.29 Å². The summed E-state index contributed by atoms with van der Waals surface area (Å²) in [7, 11) is 2.83. The summed E-state index contributed by atoms with van der Waals surface area (Å²) in [6.07, 6.45) is 1.65. The summed E-state index contributed by atoms with van der Waals surface area (Å²) in [4.78, 5) is 2.77. The van der Waals surface area contributed by atoms with Crippen LogP contribution >= 0.6 is 0 Å². The molecule has 0 heterocycles. The van der Waals surface area contributed by atoms with Crippen LogP contribution < -0.4 is 9.46 Å². The van der Waals surface area contributed by atoms with Crippen LogP contribution in [0.3, 0.4) is 0 Å². The molecular formula is C17H22N2O4S2. The van der Waals surface area contributed by atoms with Crippen molar-refractivity contribution in [3.63, 3.8) is 0 Å². The first-order chi connectivity index (χ1) is 11.8. The topological polar surface area (TPSA) is 78.9 Å². The molecule has 0 saturated heterocycles. The molecule has 0 spiro atoms. The molecule has 0 fully saturated rings. The van der Waals surface area contributed by atoms with Crippen molar-refractivity contribution in [3.05, 3.63) is 47.5 Å². The smallest absolute Gasteiger partial charge is 0.259 e. The lowest BCUT2D eigenvalue weighted by Crippen LogP contribution is -2.12. The highest BCUT2D eigenvalue weighted by molar-refractivity contribution is 7.84. The van der Waals surface area contributed by atoms with Crippen molar-refractivity contribution in [2.24, 2.45) is 0 Å². The fourth-order valence-corrected chi connectivity index (χ4v) is 3.54. The summed E-state index contributed by atoms with van der Waals surface area (Å²) in [5.74, 6) is 1.31. The van der Waals surface area contributed by atoms with Gasteiger partial charge in [0, 0.05) is 28.9 Å². The normalized spacial score (nSPS) is 13.5. The number of benzene rings is 2. The van der Waals surface area contributed by atoms with Gasteiger partial charge in [0.05, 0.1) is 10.8 Å². The van der Waals surface area contributed by atoms with Gasteiger partial charge in [-0.05, 0) is 63.0 Å². The quantitative estimate of drug-likeness (QED) is 0.719. The van der Waals surface area contributed by atoms with Gasteiger partial charge in [0.1, 0.15) is 11.5 Å². The fraction of sp³-hybridized carbons (Fsp3) is 0.294. The minimum atomic E-state index is -2.13. The molecule has 0 radical (unpaired) electrons. The van der Waals surface area contributed by atoms with Crippen molar-refractivity contribution >= 4 is 27.8 Å². The van der Waals surface area contributed by atoms with Gasteiger partial charge in [0.2, 0.25) is 0 Å². The third kappa shape index (κ3) is 5.64. The molecule has 136 valence electrons. The summed E-state index contributed by atoms with van der Waals surface area (Å²) in [5.41, 5.74) is 2.32. The van der Waals surface area contributed by atoms with Gasteiger partial charge >= 0.3 is 0 Å². The molecule has 6 nitrogen and oxygen atoms in total. The molecule has 0 aliphatic carbocycles. The lowest BCUT2D eigenvalue weighted by Gasteiger charge is -2.17. The van der Waals surface area contributed by atoms with Crippen molar-refractivity contribution in [1.29, 1.82) is 0 Å². The van der Waals surface area contributed by atoms with Crippen molar-refractivity contribution in [2.45, 2.75) is 18.4 Å². The fourth-order valence-electron chi connectivity index (χ4n) is 2.44. The second-order valence-corrected chi connectivity index (χ2v) is 7.95. The number of anilines is 1. The zero-order valence-corrected chi connectivity index (χ0v) is 16.2. The van der Waals surface area contributed by atoms with Crippen LogP contribution in [0.15, 0.2) is 41.3 Å². The van der Waals surface area contributed by atoms with Crippen LogP contribution in [0, 0.1) is 6.92 Å². The Bertz CT molecular complexity index is 809. The number of nitrogens with one attached hydrogen (secondary N) is 1. The van der Waals surface area contributed by atoms with Crippen molar-refractivity contribution in [1.82, 2.24) is 4.90 Å². The van der Waals surface area contributed by atoms with E-state index in [1.807, 2.05) is 32.0 Å². The maximum absolute atomic E-state index is 11.6. The SMILES string of the molecule is Cc1cc(Oc2ccc(NS(=O)O)cc2CN(C)C)ccc1S(C)=O.